The molecule has 1 N–H and O–H groups in total. The predicted octanol–water partition coefficient (Wildman–Crippen LogP) is 0.621. The molecule has 50 valence electrons. The van der Waals surface area contributed by atoms with Crippen molar-refractivity contribution < 1.29 is 0 Å². The normalized spacial score (nSPS) is 27.8. The Morgan fingerprint density at radius 1 is 1.60 bits per heavy atom. The Morgan fingerprint density at radius 2 is 2.50 bits per heavy atom. The van der Waals surface area contributed by atoms with E-state index >= 15 is 0 Å². The largest absolute Gasteiger partial charge is 0.334 e. The van der Waals surface area contributed by atoms with Gasteiger partial charge >= 0.3 is 0 Å². The van der Waals surface area contributed by atoms with Crippen molar-refractivity contribution in [1.82, 2.24) is 5.32 Å². The van der Waals surface area contributed by atoms with E-state index in [1.54, 1.807) is 12.4 Å². The lowest BCUT2D eigenvalue weighted by molar-refractivity contribution is 0.736. The third kappa shape index (κ3) is 0.750. The number of fused-ring (bicyclic) bond motifs is 1. The molecule has 1 unspecified atom stereocenters. The zero-order valence-corrected chi connectivity index (χ0v) is 5.80. The first-order valence-electron chi connectivity index (χ1n) is 2.81. The molecule has 0 radical (unpaired) electrons. The van der Waals surface area contributed by atoms with Crippen LogP contribution in [0, 0.1) is 0 Å². The fraction of sp³-hybridized carbons (Fsp3) is 0.200. The van der Waals surface area contributed by atoms with Crippen LogP contribution in [0.1, 0.15) is 0 Å². The van der Waals surface area contributed by atoms with Gasteiger partial charge in [-0.15, -0.1) is 0 Å². The maximum atomic E-state index is 4.79. The lowest BCUT2D eigenvalue weighted by Gasteiger charge is -2.13. The molecule has 0 fully saturated rings. The second-order valence-electron chi connectivity index (χ2n) is 1.97. The highest BCUT2D eigenvalue weighted by Gasteiger charge is 2.19. The summed E-state index contributed by atoms with van der Waals surface area (Å²) in [7, 11) is 0. The summed E-state index contributed by atoms with van der Waals surface area (Å²) in [6.45, 7) is 0. The summed E-state index contributed by atoms with van der Waals surface area (Å²) < 4.78 is 0. The smallest absolute Gasteiger partial charge is 0.194 e. The van der Waals surface area contributed by atoms with Gasteiger partial charge in [0, 0.05) is 11.8 Å². The molecule has 4 nitrogen and oxygen atoms in total. The summed E-state index contributed by atoms with van der Waals surface area (Å²) in [5, 5.41) is 10.9. The lowest BCUT2D eigenvalue weighted by Crippen LogP contribution is -2.35. The van der Waals surface area contributed by atoms with Crippen molar-refractivity contribution in [2.24, 2.45) is 15.2 Å². The van der Waals surface area contributed by atoms with E-state index in [1.807, 2.05) is 0 Å². The number of hydrogen-bond acceptors (Lipinski definition) is 3. The topological polar surface area (TPSA) is 49.1 Å². The van der Waals surface area contributed by atoms with Crippen LogP contribution in [0.5, 0.6) is 0 Å². The molecule has 2 heterocycles. The molecule has 2 aliphatic rings. The highest BCUT2D eigenvalue weighted by atomic mass is 32.1. The predicted molar refractivity (Wildman–Crippen MR) is 41.0 cm³/mol. The molecule has 0 spiro atoms. The molecular formula is C5H4N4S. The van der Waals surface area contributed by atoms with Crippen LogP contribution in [0.15, 0.2) is 27.0 Å². The molecule has 0 amide bonds. The van der Waals surface area contributed by atoms with Gasteiger partial charge in [0.2, 0.25) is 0 Å². The fourth-order valence-electron chi connectivity index (χ4n) is 0.807. The minimum atomic E-state index is -0.0787. The molecule has 0 aliphatic carbocycles. The van der Waals surface area contributed by atoms with Gasteiger partial charge in [0.25, 0.3) is 0 Å². The summed E-state index contributed by atoms with van der Waals surface area (Å²) in [5.74, 6) is 0. The Labute approximate surface area is 62.7 Å². The van der Waals surface area contributed by atoms with Crippen LogP contribution < -0.4 is 5.32 Å². The highest BCUT2D eigenvalue weighted by Crippen LogP contribution is 2.13. The number of hydrogen-bond donors (Lipinski definition) is 1. The number of thiocarbonyl (C=S) groups is 1. The van der Waals surface area contributed by atoms with Crippen molar-refractivity contribution in [3.05, 3.63) is 11.8 Å². The summed E-state index contributed by atoms with van der Waals surface area (Å²) in [5.41, 5.74) is 0.966. The molecular weight excluding hydrogens is 148 g/mol. The van der Waals surface area contributed by atoms with Crippen molar-refractivity contribution >= 4 is 23.5 Å². The molecule has 1 atom stereocenters. The van der Waals surface area contributed by atoms with Crippen molar-refractivity contribution in [2.45, 2.75) is 6.17 Å². The number of azo groups is 1. The van der Waals surface area contributed by atoms with Crippen LogP contribution in [0.25, 0.3) is 0 Å². The van der Waals surface area contributed by atoms with Crippen LogP contribution in [0.2, 0.25) is 0 Å². The van der Waals surface area contributed by atoms with Gasteiger partial charge in [-0.05, 0) is 12.2 Å². The van der Waals surface area contributed by atoms with Gasteiger partial charge in [-0.2, -0.15) is 10.2 Å². The molecule has 0 aromatic heterocycles. The summed E-state index contributed by atoms with van der Waals surface area (Å²) in [4.78, 5) is 3.88. The first-order valence-corrected chi connectivity index (χ1v) is 3.22. The SMILES string of the molecule is S=C1N=CC2=CN=NC2N1. The Balaban J connectivity index is 2.35. The first-order chi connectivity index (χ1) is 4.86. The second-order valence-corrected chi connectivity index (χ2v) is 2.36. The highest BCUT2D eigenvalue weighted by molar-refractivity contribution is 7.80. The van der Waals surface area contributed by atoms with Gasteiger partial charge in [0.05, 0.1) is 6.20 Å². The summed E-state index contributed by atoms with van der Waals surface area (Å²) in [6, 6.07) is 0. The molecule has 0 aromatic carbocycles. The van der Waals surface area contributed by atoms with Gasteiger partial charge in [-0.1, -0.05) is 0 Å². The average molecular weight is 152 g/mol. The Kier molecular flexibility index (Phi) is 1.10. The number of rotatable bonds is 0. The van der Waals surface area contributed by atoms with E-state index in [0.29, 0.717) is 5.11 Å². The van der Waals surface area contributed by atoms with Crippen LogP contribution in [0.4, 0.5) is 0 Å². The van der Waals surface area contributed by atoms with E-state index in [4.69, 9.17) is 12.2 Å². The number of aliphatic imine (C=N–C) groups is 1. The Hall–Kier alpha value is -1.10. The van der Waals surface area contributed by atoms with Crippen LogP contribution in [0.3, 0.4) is 0 Å². The van der Waals surface area contributed by atoms with Crippen molar-refractivity contribution in [2.75, 3.05) is 0 Å². The fourth-order valence-corrected chi connectivity index (χ4v) is 0.972. The quantitative estimate of drug-likeness (QED) is 0.517. The maximum absolute atomic E-state index is 4.79. The van der Waals surface area contributed by atoms with E-state index in [-0.39, 0.29) is 6.17 Å². The van der Waals surface area contributed by atoms with Gasteiger partial charge in [0.15, 0.2) is 11.3 Å². The van der Waals surface area contributed by atoms with Gasteiger partial charge in [0.1, 0.15) is 0 Å². The molecule has 2 rings (SSSR count). The number of nitrogens with one attached hydrogen (secondary N) is 1. The van der Waals surface area contributed by atoms with Gasteiger partial charge in [-0.25, -0.2) is 4.99 Å². The zero-order valence-electron chi connectivity index (χ0n) is 4.98. The van der Waals surface area contributed by atoms with E-state index in [2.05, 4.69) is 20.5 Å². The van der Waals surface area contributed by atoms with Crippen LogP contribution in [-0.2, 0) is 0 Å². The molecule has 0 aromatic rings. The van der Waals surface area contributed by atoms with E-state index in [1.165, 1.54) is 0 Å². The molecule has 0 saturated heterocycles. The van der Waals surface area contributed by atoms with Gasteiger partial charge in [-0.3, -0.25) is 0 Å². The van der Waals surface area contributed by atoms with E-state index < -0.39 is 0 Å². The van der Waals surface area contributed by atoms with Crippen molar-refractivity contribution in [3.63, 3.8) is 0 Å². The standard InChI is InChI=1S/C5H4N4S/c10-5-6-1-3-2-7-9-4(3)8-5/h1-2,4H,(H,8,10). The van der Waals surface area contributed by atoms with Gasteiger partial charge < -0.3 is 5.32 Å². The summed E-state index contributed by atoms with van der Waals surface area (Å²) in [6.07, 6.45) is 3.27. The van der Waals surface area contributed by atoms with Crippen LogP contribution >= 0.6 is 12.2 Å². The monoisotopic (exact) mass is 152 g/mol. The Bertz CT molecular complexity index is 265. The Morgan fingerprint density at radius 3 is 3.40 bits per heavy atom. The molecule has 5 heteroatoms. The molecule has 0 bridgehead atoms. The van der Waals surface area contributed by atoms with Crippen LogP contribution in [-0.4, -0.2) is 17.5 Å². The van der Waals surface area contributed by atoms with Crippen molar-refractivity contribution in [1.29, 1.82) is 0 Å². The van der Waals surface area contributed by atoms with Crippen molar-refractivity contribution in [3.8, 4) is 0 Å². The molecule has 2 aliphatic heterocycles. The summed E-state index contributed by atoms with van der Waals surface area (Å²) >= 11 is 4.79. The van der Waals surface area contributed by atoms with E-state index in [9.17, 15) is 0 Å². The zero-order chi connectivity index (χ0) is 6.97. The third-order valence-corrected chi connectivity index (χ3v) is 1.52. The second kappa shape index (κ2) is 1.95. The molecule has 10 heavy (non-hydrogen) atoms. The average Bonchev–Trinajstić information content (AvgIpc) is 2.33. The third-order valence-electron chi connectivity index (χ3n) is 1.30. The van der Waals surface area contributed by atoms with E-state index in [0.717, 1.165) is 5.57 Å². The first kappa shape index (κ1) is 5.67. The maximum Gasteiger partial charge on any atom is 0.194 e. The number of nitrogens with zero attached hydrogens (tertiary/aromatic N) is 3. The minimum absolute atomic E-state index is 0.0787. The minimum Gasteiger partial charge on any atom is -0.334 e. The lowest BCUT2D eigenvalue weighted by atomic mass is 10.2. The molecule has 0 saturated carbocycles.